The Kier molecular flexibility index (Phi) is 4.35. The molecule has 0 amide bonds. The van der Waals surface area contributed by atoms with Gasteiger partial charge in [0, 0.05) is 20.2 Å². The lowest BCUT2D eigenvalue weighted by molar-refractivity contribution is 0.00600. The zero-order valence-corrected chi connectivity index (χ0v) is 12.4. The van der Waals surface area contributed by atoms with Crippen molar-refractivity contribution in [2.45, 2.75) is 51.5 Å². The monoisotopic (exact) mass is 254 g/mol. The Morgan fingerprint density at radius 3 is 2.39 bits per heavy atom. The Morgan fingerprint density at radius 1 is 1.33 bits per heavy atom. The SMILES string of the molecule is CCC1(CC)CCN(C(CN)(COC)C2CC2)C1. The van der Waals surface area contributed by atoms with E-state index in [0.29, 0.717) is 5.41 Å². The van der Waals surface area contributed by atoms with Gasteiger partial charge in [-0.2, -0.15) is 0 Å². The van der Waals surface area contributed by atoms with Crippen LogP contribution in [0, 0.1) is 11.3 Å². The van der Waals surface area contributed by atoms with Gasteiger partial charge in [0.1, 0.15) is 0 Å². The minimum atomic E-state index is 0.126. The Labute approximate surface area is 112 Å². The second-order valence-electron chi connectivity index (χ2n) is 6.39. The first-order chi connectivity index (χ1) is 8.66. The molecule has 18 heavy (non-hydrogen) atoms. The molecule has 0 aromatic rings. The number of rotatable bonds is 7. The third-order valence-corrected chi connectivity index (χ3v) is 5.65. The molecule has 2 fully saturated rings. The van der Waals surface area contributed by atoms with Crippen molar-refractivity contribution in [1.82, 2.24) is 4.90 Å². The van der Waals surface area contributed by atoms with Crippen LogP contribution in [0.4, 0.5) is 0 Å². The summed E-state index contributed by atoms with van der Waals surface area (Å²) >= 11 is 0. The lowest BCUT2D eigenvalue weighted by atomic mass is 9.81. The van der Waals surface area contributed by atoms with Gasteiger partial charge in [-0.05, 0) is 50.0 Å². The predicted octanol–water partition coefficient (Wildman–Crippen LogP) is 2.25. The molecule has 1 saturated carbocycles. The smallest absolute Gasteiger partial charge is 0.0661 e. The van der Waals surface area contributed by atoms with Crippen molar-refractivity contribution in [3.63, 3.8) is 0 Å². The second kappa shape index (κ2) is 5.48. The normalized spacial score (nSPS) is 27.3. The second-order valence-corrected chi connectivity index (χ2v) is 6.39. The number of hydrogen-bond acceptors (Lipinski definition) is 3. The average Bonchev–Trinajstić information content (AvgIpc) is 3.16. The maximum absolute atomic E-state index is 6.16. The topological polar surface area (TPSA) is 38.5 Å². The molecule has 3 nitrogen and oxygen atoms in total. The molecule has 1 atom stereocenters. The van der Waals surface area contributed by atoms with Gasteiger partial charge in [0.05, 0.1) is 12.1 Å². The maximum Gasteiger partial charge on any atom is 0.0661 e. The van der Waals surface area contributed by atoms with E-state index >= 15 is 0 Å². The average molecular weight is 254 g/mol. The first-order valence-electron chi connectivity index (χ1n) is 7.60. The highest BCUT2D eigenvalue weighted by atomic mass is 16.5. The highest BCUT2D eigenvalue weighted by molar-refractivity contribution is 5.07. The van der Waals surface area contributed by atoms with Crippen molar-refractivity contribution in [1.29, 1.82) is 0 Å². The van der Waals surface area contributed by atoms with Gasteiger partial charge in [0.15, 0.2) is 0 Å². The van der Waals surface area contributed by atoms with E-state index in [2.05, 4.69) is 18.7 Å². The summed E-state index contributed by atoms with van der Waals surface area (Å²) in [6.45, 7) is 8.65. The van der Waals surface area contributed by atoms with Crippen LogP contribution in [0.3, 0.4) is 0 Å². The van der Waals surface area contributed by atoms with Gasteiger partial charge in [-0.3, -0.25) is 4.90 Å². The van der Waals surface area contributed by atoms with Crippen molar-refractivity contribution in [3.8, 4) is 0 Å². The van der Waals surface area contributed by atoms with Crippen LogP contribution in [0.25, 0.3) is 0 Å². The van der Waals surface area contributed by atoms with Gasteiger partial charge in [0.25, 0.3) is 0 Å². The summed E-state index contributed by atoms with van der Waals surface area (Å²) in [6, 6.07) is 0. The number of methoxy groups -OCH3 is 1. The Hall–Kier alpha value is -0.120. The molecule has 1 aliphatic heterocycles. The van der Waals surface area contributed by atoms with E-state index in [4.69, 9.17) is 10.5 Å². The molecule has 106 valence electrons. The molecule has 2 N–H and O–H groups in total. The molecule has 0 spiro atoms. The maximum atomic E-state index is 6.16. The molecule has 0 aromatic heterocycles. The van der Waals surface area contributed by atoms with Gasteiger partial charge < -0.3 is 10.5 Å². The molecular formula is C15H30N2O. The molecule has 3 heteroatoms. The van der Waals surface area contributed by atoms with Gasteiger partial charge >= 0.3 is 0 Å². The number of nitrogens with zero attached hydrogens (tertiary/aromatic N) is 1. The summed E-state index contributed by atoms with van der Waals surface area (Å²) in [5.41, 5.74) is 6.82. The molecule has 0 radical (unpaired) electrons. The molecule has 0 aromatic carbocycles. The van der Waals surface area contributed by atoms with Gasteiger partial charge in [0.2, 0.25) is 0 Å². The highest BCUT2D eigenvalue weighted by Crippen LogP contribution is 2.48. The van der Waals surface area contributed by atoms with Crippen LogP contribution in [0.2, 0.25) is 0 Å². The van der Waals surface area contributed by atoms with Gasteiger partial charge in [-0.25, -0.2) is 0 Å². The third-order valence-electron chi connectivity index (χ3n) is 5.65. The zero-order chi connectivity index (χ0) is 13.2. The van der Waals surface area contributed by atoms with Crippen molar-refractivity contribution >= 4 is 0 Å². The van der Waals surface area contributed by atoms with E-state index in [0.717, 1.165) is 19.1 Å². The summed E-state index contributed by atoms with van der Waals surface area (Å²) in [6.07, 6.45) is 6.58. The molecule has 1 aliphatic carbocycles. The summed E-state index contributed by atoms with van der Waals surface area (Å²) in [5.74, 6) is 0.770. The minimum absolute atomic E-state index is 0.126. The molecule has 1 saturated heterocycles. The van der Waals surface area contributed by atoms with Gasteiger partial charge in [-0.15, -0.1) is 0 Å². The predicted molar refractivity (Wildman–Crippen MR) is 75.6 cm³/mol. The van der Waals surface area contributed by atoms with Crippen LogP contribution in [-0.4, -0.2) is 43.8 Å². The lowest BCUT2D eigenvalue weighted by Gasteiger charge is -2.42. The van der Waals surface area contributed by atoms with E-state index < -0.39 is 0 Å². The molecule has 1 heterocycles. The van der Waals surface area contributed by atoms with Crippen LogP contribution < -0.4 is 5.73 Å². The number of ether oxygens (including phenoxy) is 1. The first kappa shape index (κ1) is 14.3. The molecule has 2 aliphatic rings. The van der Waals surface area contributed by atoms with Crippen molar-refractivity contribution in [2.24, 2.45) is 17.1 Å². The molecule has 2 rings (SSSR count). The number of nitrogens with two attached hydrogens (primary N) is 1. The van der Waals surface area contributed by atoms with E-state index in [1.54, 1.807) is 0 Å². The fourth-order valence-corrected chi connectivity index (χ4v) is 3.84. The first-order valence-corrected chi connectivity index (χ1v) is 7.60. The lowest BCUT2D eigenvalue weighted by Crippen LogP contribution is -2.58. The third kappa shape index (κ3) is 2.33. The number of hydrogen-bond donors (Lipinski definition) is 1. The van der Waals surface area contributed by atoms with Crippen LogP contribution in [0.1, 0.15) is 46.0 Å². The summed E-state index contributed by atoms with van der Waals surface area (Å²) in [5, 5.41) is 0. The number of likely N-dealkylation sites (tertiary alicyclic amines) is 1. The molecule has 0 bridgehead atoms. The van der Waals surface area contributed by atoms with Crippen LogP contribution in [-0.2, 0) is 4.74 Å². The van der Waals surface area contributed by atoms with Crippen LogP contribution in [0.15, 0.2) is 0 Å². The Bertz CT molecular complexity index is 274. The summed E-state index contributed by atoms with van der Waals surface area (Å²) in [7, 11) is 1.82. The Balaban J connectivity index is 2.13. The standard InChI is InChI=1S/C15H30N2O/c1-4-14(5-2)8-9-17(11-14)15(10-16,12-18-3)13-6-7-13/h13H,4-12,16H2,1-3H3. The van der Waals surface area contributed by atoms with E-state index in [-0.39, 0.29) is 5.54 Å². The molecule has 1 unspecified atom stereocenters. The summed E-state index contributed by atoms with van der Waals surface area (Å²) in [4.78, 5) is 2.67. The fourth-order valence-electron chi connectivity index (χ4n) is 3.84. The van der Waals surface area contributed by atoms with E-state index in [9.17, 15) is 0 Å². The summed E-state index contributed by atoms with van der Waals surface area (Å²) < 4.78 is 5.53. The van der Waals surface area contributed by atoms with Crippen LogP contribution >= 0.6 is 0 Å². The van der Waals surface area contributed by atoms with Crippen LogP contribution in [0.5, 0.6) is 0 Å². The Morgan fingerprint density at radius 2 is 2.00 bits per heavy atom. The zero-order valence-electron chi connectivity index (χ0n) is 12.4. The van der Waals surface area contributed by atoms with Crippen molar-refractivity contribution < 1.29 is 4.74 Å². The van der Waals surface area contributed by atoms with Gasteiger partial charge in [-0.1, -0.05) is 13.8 Å². The fraction of sp³-hybridized carbons (Fsp3) is 1.00. The van der Waals surface area contributed by atoms with Crippen molar-refractivity contribution in [3.05, 3.63) is 0 Å². The van der Waals surface area contributed by atoms with E-state index in [1.165, 1.54) is 45.2 Å². The minimum Gasteiger partial charge on any atom is -0.383 e. The molecular weight excluding hydrogens is 224 g/mol. The largest absolute Gasteiger partial charge is 0.383 e. The quantitative estimate of drug-likeness (QED) is 0.757. The van der Waals surface area contributed by atoms with Crippen molar-refractivity contribution in [2.75, 3.05) is 33.4 Å². The van der Waals surface area contributed by atoms with E-state index in [1.807, 2.05) is 7.11 Å². The highest BCUT2D eigenvalue weighted by Gasteiger charge is 2.52.